The summed E-state index contributed by atoms with van der Waals surface area (Å²) < 4.78 is 11.1. The van der Waals surface area contributed by atoms with Gasteiger partial charge in [-0.05, 0) is 13.8 Å². The van der Waals surface area contributed by atoms with Crippen LogP contribution in [0.4, 0.5) is 0 Å². The highest BCUT2D eigenvalue weighted by molar-refractivity contribution is 5.85. The van der Waals surface area contributed by atoms with Crippen LogP contribution < -0.4 is 0 Å². The minimum Gasteiger partial charge on any atom is -0.460 e. The molecule has 2 rings (SSSR count). The van der Waals surface area contributed by atoms with Crippen molar-refractivity contribution in [2.45, 2.75) is 20.4 Å². The van der Waals surface area contributed by atoms with Crippen LogP contribution in [-0.4, -0.2) is 37.5 Å². The summed E-state index contributed by atoms with van der Waals surface area (Å²) in [6.07, 6.45) is 1.22. The summed E-state index contributed by atoms with van der Waals surface area (Å²) in [4.78, 5) is 15.5. The van der Waals surface area contributed by atoms with Crippen LogP contribution in [0.25, 0.3) is 0 Å². The fraction of sp³-hybridized carbons (Fsp3) is 0.444. The molecule has 8 heteroatoms. The molecule has 0 saturated carbocycles. The number of hydrogen-bond donors (Lipinski definition) is 0. The van der Waals surface area contributed by atoms with Crippen molar-refractivity contribution in [2.24, 2.45) is 0 Å². The standard InChI is InChI=1S/C9H11N5O3/c1-3-16-9(15)8-12-11-6(2)14(8)4-7-10-5-17-13-7/h5H,3-4H2,1-2H3. The predicted molar refractivity (Wildman–Crippen MR) is 54.1 cm³/mol. The summed E-state index contributed by atoms with van der Waals surface area (Å²) in [6.45, 7) is 4.01. The smallest absolute Gasteiger partial charge is 0.376 e. The monoisotopic (exact) mass is 237 g/mol. The number of carbonyl (C=O) groups is 1. The fourth-order valence-corrected chi connectivity index (χ4v) is 1.32. The Kier molecular flexibility index (Phi) is 3.12. The van der Waals surface area contributed by atoms with Crippen LogP contribution in [0.15, 0.2) is 10.9 Å². The van der Waals surface area contributed by atoms with E-state index in [1.54, 1.807) is 18.4 Å². The molecule has 0 aliphatic rings. The van der Waals surface area contributed by atoms with E-state index in [-0.39, 0.29) is 19.0 Å². The Bertz CT molecular complexity index is 505. The van der Waals surface area contributed by atoms with Crippen LogP contribution in [0.1, 0.15) is 29.2 Å². The van der Waals surface area contributed by atoms with E-state index >= 15 is 0 Å². The molecular weight excluding hydrogens is 226 g/mol. The lowest BCUT2D eigenvalue weighted by Gasteiger charge is -2.04. The van der Waals surface area contributed by atoms with Gasteiger partial charge in [-0.25, -0.2) is 4.79 Å². The van der Waals surface area contributed by atoms with E-state index in [1.807, 2.05) is 0 Å². The van der Waals surface area contributed by atoms with Gasteiger partial charge < -0.3 is 9.26 Å². The van der Waals surface area contributed by atoms with Gasteiger partial charge in [0.05, 0.1) is 13.2 Å². The first-order valence-corrected chi connectivity index (χ1v) is 5.04. The molecule has 2 aromatic rings. The van der Waals surface area contributed by atoms with Gasteiger partial charge in [-0.3, -0.25) is 4.57 Å². The lowest BCUT2D eigenvalue weighted by molar-refractivity contribution is 0.0506. The molecule has 17 heavy (non-hydrogen) atoms. The lowest BCUT2D eigenvalue weighted by atomic mass is 10.5. The molecule has 0 bridgehead atoms. The molecular formula is C9H11N5O3. The molecule has 0 N–H and O–H groups in total. The predicted octanol–water partition coefficient (Wildman–Crippen LogP) is 0.195. The van der Waals surface area contributed by atoms with E-state index in [0.717, 1.165) is 0 Å². The molecule has 0 spiro atoms. The van der Waals surface area contributed by atoms with Gasteiger partial charge in [-0.2, -0.15) is 4.98 Å². The normalized spacial score (nSPS) is 10.5. The molecule has 2 heterocycles. The zero-order valence-electron chi connectivity index (χ0n) is 9.45. The van der Waals surface area contributed by atoms with Gasteiger partial charge >= 0.3 is 5.97 Å². The molecule has 2 aromatic heterocycles. The van der Waals surface area contributed by atoms with Gasteiger partial charge in [0.2, 0.25) is 12.2 Å². The van der Waals surface area contributed by atoms with Gasteiger partial charge in [0.1, 0.15) is 5.82 Å². The number of ether oxygens (including phenoxy) is 1. The topological polar surface area (TPSA) is 95.9 Å². The Labute approximate surface area is 96.6 Å². The average molecular weight is 237 g/mol. The van der Waals surface area contributed by atoms with Crippen molar-refractivity contribution >= 4 is 5.97 Å². The maximum atomic E-state index is 11.6. The highest BCUT2D eigenvalue weighted by atomic mass is 16.5. The van der Waals surface area contributed by atoms with E-state index < -0.39 is 5.97 Å². The Morgan fingerprint density at radius 3 is 3.00 bits per heavy atom. The molecule has 0 aliphatic carbocycles. The van der Waals surface area contributed by atoms with Gasteiger partial charge in [0.25, 0.3) is 0 Å². The summed E-state index contributed by atoms with van der Waals surface area (Å²) in [5, 5.41) is 11.3. The van der Waals surface area contributed by atoms with Gasteiger partial charge in [0, 0.05) is 0 Å². The Hall–Kier alpha value is -2.25. The largest absolute Gasteiger partial charge is 0.460 e. The Balaban J connectivity index is 2.26. The number of rotatable bonds is 4. The maximum absolute atomic E-state index is 11.6. The second-order valence-corrected chi connectivity index (χ2v) is 3.22. The van der Waals surface area contributed by atoms with Crippen LogP contribution in [0.2, 0.25) is 0 Å². The number of aryl methyl sites for hydroxylation is 1. The average Bonchev–Trinajstić information content (AvgIpc) is 2.91. The van der Waals surface area contributed by atoms with Crippen molar-refractivity contribution in [3.63, 3.8) is 0 Å². The molecule has 90 valence electrons. The number of esters is 1. The summed E-state index contributed by atoms with van der Waals surface area (Å²) in [5.74, 6) is 0.641. The van der Waals surface area contributed by atoms with Crippen molar-refractivity contribution in [1.29, 1.82) is 0 Å². The first kappa shape index (κ1) is 11.2. The zero-order chi connectivity index (χ0) is 12.3. The highest BCUT2D eigenvalue weighted by Gasteiger charge is 2.19. The molecule has 0 saturated heterocycles. The fourth-order valence-electron chi connectivity index (χ4n) is 1.32. The van der Waals surface area contributed by atoms with E-state index in [9.17, 15) is 4.79 Å². The summed E-state index contributed by atoms with van der Waals surface area (Å²) in [5.41, 5.74) is 0. The molecule has 8 nitrogen and oxygen atoms in total. The van der Waals surface area contributed by atoms with Crippen LogP contribution in [0.5, 0.6) is 0 Å². The zero-order valence-corrected chi connectivity index (χ0v) is 9.45. The SMILES string of the molecule is CCOC(=O)c1nnc(C)n1Cc1ncon1. The number of hydrogen-bond acceptors (Lipinski definition) is 7. The van der Waals surface area contributed by atoms with E-state index in [2.05, 4.69) is 24.9 Å². The lowest BCUT2D eigenvalue weighted by Crippen LogP contribution is -2.15. The molecule has 0 radical (unpaired) electrons. The minimum atomic E-state index is -0.517. The first-order chi connectivity index (χ1) is 8.22. The van der Waals surface area contributed by atoms with E-state index in [1.165, 1.54) is 6.39 Å². The number of carbonyl (C=O) groups excluding carboxylic acids is 1. The van der Waals surface area contributed by atoms with Crippen molar-refractivity contribution in [3.05, 3.63) is 23.9 Å². The van der Waals surface area contributed by atoms with Gasteiger partial charge in [0.15, 0.2) is 5.82 Å². The second-order valence-electron chi connectivity index (χ2n) is 3.22. The highest BCUT2D eigenvalue weighted by Crippen LogP contribution is 2.05. The van der Waals surface area contributed by atoms with Gasteiger partial charge in [-0.1, -0.05) is 5.16 Å². The maximum Gasteiger partial charge on any atom is 0.376 e. The van der Waals surface area contributed by atoms with Crippen LogP contribution in [0, 0.1) is 6.92 Å². The van der Waals surface area contributed by atoms with Crippen molar-refractivity contribution in [2.75, 3.05) is 6.61 Å². The third-order valence-corrected chi connectivity index (χ3v) is 2.10. The minimum absolute atomic E-state index is 0.133. The van der Waals surface area contributed by atoms with Crippen LogP contribution in [0.3, 0.4) is 0 Å². The van der Waals surface area contributed by atoms with Crippen molar-refractivity contribution in [1.82, 2.24) is 24.9 Å². The third-order valence-electron chi connectivity index (χ3n) is 2.10. The number of nitrogens with zero attached hydrogens (tertiary/aromatic N) is 5. The molecule has 0 aliphatic heterocycles. The Morgan fingerprint density at radius 2 is 2.35 bits per heavy atom. The summed E-state index contributed by atoms with van der Waals surface area (Å²) in [6, 6.07) is 0. The third kappa shape index (κ3) is 2.30. The van der Waals surface area contributed by atoms with E-state index in [0.29, 0.717) is 11.6 Å². The van der Waals surface area contributed by atoms with Crippen LogP contribution in [-0.2, 0) is 11.3 Å². The Morgan fingerprint density at radius 1 is 1.53 bits per heavy atom. The van der Waals surface area contributed by atoms with Gasteiger partial charge in [-0.15, -0.1) is 10.2 Å². The molecule has 0 amide bonds. The van der Waals surface area contributed by atoms with Crippen molar-refractivity contribution < 1.29 is 14.1 Å². The summed E-state index contributed by atoms with van der Waals surface area (Å²) in [7, 11) is 0. The quantitative estimate of drug-likeness (QED) is 0.700. The first-order valence-electron chi connectivity index (χ1n) is 5.04. The second kappa shape index (κ2) is 4.73. The molecule has 0 aromatic carbocycles. The molecule has 0 atom stereocenters. The van der Waals surface area contributed by atoms with Crippen molar-refractivity contribution in [3.8, 4) is 0 Å². The number of aromatic nitrogens is 5. The summed E-state index contributed by atoms with van der Waals surface area (Å²) >= 11 is 0. The molecule has 0 fully saturated rings. The van der Waals surface area contributed by atoms with E-state index in [4.69, 9.17) is 4.74 Å². The molecule has 0 unspecified atom stereocenters. The van der Waals surface area contributed by atoms with Crippen LogP contribution >= 0.6 is 0 Å².